The Morgan fingerprint density at radius 2 is 2.44 bits per heavy atom. The average molecular weight is 224 g/mol. The van der Waals surface area contributed by atoms with Gasteiger partial charge in [0.2, 0.25) is 11.8 Å². The highest BCUT2D eigenvalue weighted by molar-refractivity contribution is 5.78. The summed E-state index contributed by atoms with van der Waals surface area (Å²) in [5.74, 6) is 1.56. The van der Waals surface area contributed by atoms with Crippen molar-refractivity contribution in [3.05, 3.63) is 11.7 Å². The molecule has 1 atom stereocenters. The second-order valence-corrected chi connectivity index (χ2v) is 4.16. The number of amides is 1. The summed E-state index contributed by atoms with van der Waals surface area (Å²) in [5, 5.41) is 9.61. The summed E-state index contributed by atoms with van der Waals surface area (Å²) in [6.07, 6.45) is 0. The Labute approximate surface area is 93.8 Å². The molecule has 1 aromatic heterocycles. The molecule has 1 aromatic rings. The SMILES string of the molecule is Cc1noc(CNC(=O)C(C)C2CNC2)n1. The molecular formula is C10H16N4O2. The zero-order valence-corrected chi connectivity index (χ0v) is 9.49. The first-order valence-corrected chi connectivity index (χ1v) is 5.44. The van der Waals surface area contributed by atoms with E-state index >= 15 is 0 Å². The minimum atomic E-state index is 0.0327. The lowest BCUT2D eigenvalue weighted by Gasteiger charge is -2.31. The number of hydrogen-bond donors (Lipinski definition) is 2. The van der Waals surface area contributed by atoms with Crippen molar-refractivity contribution >= 4 is 5.91 Å². The molecule has 0 saturated carbocycles. The number of nitrogens with one attached hydrogen (secondary N) is 2. The Morgan fingerprint density at radius 3 is 2.94 bits per heavy atom. The van der Waals surface area contributed by atoms with Gasteiger partial charge in [-0.3, -0.25) is 4.79 Å². The minimum absolute atomic E-state index is 0.0327. The molecule has 0 aromatic carbocycles. The number of nitrogens with zero attached hydrogens (tertiary/aromatic N) is 2. The molecule has 2 N–H and O–H groups in total. The molecule has 16 heavy (non-hydrogen) atoms. The summed E-state index contributed by atoms with van der Waals surface area (Å²) in [5.41, 5.74) is 0. The third kappa shape index (κ3) is 2.38. The number of aromatic nitrogens is 2. The van der Waals surface area contributed by atoms with Gasteiger partial charge in [-0.15, -0.1) is 0 Å². The molecule has 0 bridgehead atoms. The lowest BCUT2D eigenvalue weighted by molar-refractivity contribution is -0.127. The van der Waals surface area contributed by atoms with Crippen LogP contribution in [0.3, 0.4) is 0 Å². The van der Waals surface area contributed by atoms with Crippen molar-refractivity contribution in [2.24, 2.45) is 11.8 Å². The van der Waals surface area contributed by atoms with E-state index in [0.29, 0.717) is 24.2 Å². The first-order valence-electron chi connectivity index (χ1n) is 5.44. The van der Waals surface area contributed by atoms with E-state index < -0.39 is 0 Å². The van der Waals surface area contributed by atoms with E-state index in [2.05, 4.69) is 20.8 Å². The molecule has 1 fully saturated rings. The number of carbonyl (C=O) groups excluding carboxylic acids is 1. The van der Waals surface area contributed by atoms with Crippen molar-refractivity contribution in [2.75, 3.05) is 13.1 Å². The summed E-state index contributed by atoms with van der Waals surface area (Å²) in [6.45, 7) is 5.85. The van der Waals surface area contributed by atoms with Gasteiger partial charge in [0.25, 0.3) is 0 Å². The van der Waals surface area contributed by atoms with Crippen LogP contribution in [-0.4, -0.2) is 29.1 Å². The van der Waals surface area contributed by atoms with Gasteiger partial charge < -0.3 is 15.2 Å². The Bertz CT molecular complexity index is 373. The number of carbonyl (C=O) groups is 1. The molecule has 0 spiro atoms. The zero-order valence-electron chi connectivity index (χ0n) is 9.49. The predicted molar refractivity (Wildman–Crippen MR) is 56.4 cm³/mol. The molecule has 1 amide bonds. The van der Waals surface area contributed by atoms with Gasteiger partial charge in [-0.25, -0.2) is 0 Å². The molecule has 88 valence electrons. The second-order valence-electron chi connectivity index (χ2n) is 4.16. The summed E-state index contributed by atoms with van der Waals surface area (Å²) in [7, 11) is 0. The Hall–Kier alpha value is -1.43. The maximum absolute atomic E-state index is 11.7. The number of hydrogen-bond acceptors (Lipinski definition) is 5. The highest BCUT2D eigenvalue weighted by Crippen LogP contribution is 2.15. The van der Waals surface area contributed by atoms with Gasteiger partial charge in [-0.2, -0.15) is 4.98 Å². The molecular weight excluding hydrogens is 208 g/mol. The van der Waals surface area contributed by atoms with Gasteiger partial charge in [-0.1, -0.05) is 12.1 Å². The molecule has 6 heteroatoms. The van der Waals surface area contributed by atoms with E-state index in [9.17, 15) is 4.79 Å². The first-order chi connectivity index (χ1) is 7.66. The smallest absolute Gasteiger partial charge is 0.246 e. The highest BCUT2D eigenvalue weighted by Gasteiger charge is 2.28. The van der Waals surface area contributed by atoms with Gasteiger partial charge in [0, 0.05) is 5.92 Å². The largest absolute Gasteiger partial charge is 0.347 e. The fraction of sp³-hybridized carbons (Fsp3) is 0.700. The minimum Gasteiger partial charge on any atom is -0.347 e. The van der Waals surface area contributed by atoms with Crippen LogP contribution in [0.15, 0.2) is 4.52 Å². The Balaban J connectivity index is 1.78. The van der Waals surface area contributed by atoms with E-state index in [-0.39, 0.29) is 11.8 Å². The monoisotopic (exact) mass is 224 g/mol. The zero-order chi connectivity index (χ0) is 11.5. The van der Waals surface area contributed by atoms with E-state index in [1.54, 1.807) is 6.92 Å². The van der Waals surface area contributed by atoms with Crippen molar-refractivity contribution < 1.29 is 9.32 Å². The fourth-order valence-corrected chi connectivity index (χ4v) is 1.61. The van der Waals surface area contributed by atoms with E-state index in [1.807, 2.05) is 6.92 Å². The summed E-state index contributed by atoms with van der Waals surface area (Å²) < 4.78 is 4.91. The molecule has 6 nitrogen and oxygen atoms in total. The van der Waals surface area contributed by atoms with Crippen molar-refractivity contribution in [1.82, 2.24) is 20.8 Å². The van der Waals surface area contributed by atoms with Crippen molar-refractivity contribution in [2.45, 2.75) is 20.4 Å². The molecule has 2 rings (SSSR count). The van der Waals surface area contributed by atoms with Crippen LogP contribution in [0.2, 0.25) is 0 Å². The Kier molecular flexibility index (Phi) is 3.19. The highest BCUT2D eigenvalue weighted by atomic mass is 16.5. The van der Waals surface area contributed by atoms with Crippen LogP contribution < -0.4 is 10.6 Å². The quantitative estimate of drug-likeness (QED) is 0.743. The van der Waals surface area contributed by atoms with Gasteiger partial charge >= 0.3 is 0 Å². The molecule has 1 saturated heterocycles. The fourth-order valence-electron chi connectivity index (χ4n) is 1.61. The van der Waals surface area contributed by atoms with Crippen LogP contribution in [0.1, 0.15) is 18.6 Å². The normalized spacial score (nSPS) is 17.9. The summed E-state index contributed by atoms with van der Waals surface area (Å²) >= 11 is 0. The molecule has 1 aliphatic heterocycles. The second kappa shape index (κ2) is 4.61. The number of rotatable bonds is 4. The molecule has 2 heterocycles. The van der Waals surface area contributed by atoms with Crippen LogP contribution in [0, 0.1) is 18.8 Å². The van der Waals surface area contributed by atoms with Crippen LogP contribution in [0.25, 0.3) is 0 Å². The third-order valence-electron chi connectivity index (χ3n) is 2.92. The van der Waals surface area contributed by atoms with Gasteiger partial charge in [-0.05, 0) is 25.9 Å². The summed E-state index contributed by atoms with van der Waals surface area (Å²) in [4.78, 5) is 15.7. The summed E-state index contributed by atoms with van der Waals surface area (Å²) in [6, 6.07) is 0. The van der Waals surface area contributed by atoms with Crippen molar-refractivity contribution in [3.8, 4) is 0 Å². The van der Waals surface area contributed by atoms with Crippen molar-refractivity contribution in [3.63, 3.8) is 0 Å². The van der Waals surface area contributed by atoms with Gasteiger partial charge in [0.05, 0.1) is 6.54 Å². The topological polar surface area (TPSA) is 80.0 Å². The lowest BCUT2D eigenvalue weighted by atomic mass is 9.88. The number of aryl methyl sites for hydroxylation is 1. The first kappa shape index (κ1) is 11.1. The van der Waals surface area contributed by atoms with Crippen LogP contribution in [0.4, 0.5) is 0 Å². The molecule has 0 radical (unpaired) electrons. The molecule has 0 aliphatic carbocycles. The third-order valence-corrected chi connectivity index (χ3v) is 2.92. The molecule has 1 unspecified atom stereocenters. The van der Waals surface area contributed by atoms with E-state index in [1.165, 1.54) is 0 Å². The molecule has 1 aliphatic rings. The van der Waals surface area contributed by atoms with Crippen molar-refractivity contribution in [1.29, 1.82) is 0 Å². The van der Waals surface area contributed by atoms with Crippen LogP contribution >= 0.6 is 0 Å². The standard InChI is InChI=1S/C10H16N4O2/c1-6(8-3-11-4-8)10(15)12-5-9-13-7(2)14-16-9/h6,8,11H,3-5H2,1-2H3,(H,12,15). The van der Waals surface area contributed by atoms with Crippen LogP contribution in [-0.2, 0) is 11.3 Å². The van der Waals surface area contributed by atoms with Crippen LogP contribution in [0.5, 0.6) is 0 Å². The predicted octanol–water partition coefficient (Wildman–Crippen LogP) is -0.150. The van der Waals surface area contributed by atoms with Gasteiger partial charge in [0.15, 0.2) is 5.82 Å². The maximum atomic E-state index is 11.7. The van der Waals surface area contributed by atoms with E-state index in [0.717, 1.165) is 13.1 Å². The average Bonchev–Trinajstić information content (AvgIpc) is 2.58. The van der Waals surface area contributed by atoms with Gasteiger partial charge in [0.1, 0.15) is 0 Å². The Morgan fingerprint density at radius 1 is 1.69 bits per heavy atom. The maximum Gasteiger partial charge on any atom is 0.246 e. The lowest BCUT2D eigenvalue weighted by Crippen LogP contribution is -2.49. The van der Waals surface area contributed by atoms with E-state index in [4.69, 9.17) is 4.52 Å².